The molecule has 0 saturated carbocycles. The summed E-state index contributed by atoms with van der Waals surface area (Å²) in [5.74, 6) is -0.0353. The predicted octanol–water partition coefficient (Wildman–Crippen LogP) is 3.60. The number of rotatable bonds is 2. The smallest absolute Gasteiger partial charge is 0.410 e. The topological polar surface area (TPSA) is 73.6 Å². The highest BCUT2D eigenvalue weighted by molar-refractivity contribution is 5.98. The first-order valence-electron chi connectivity index (χ1n) is 9.44. The van der Waals surface area contributed by atoms with Crippen LogP contribution in [0.5, 0.6) is 0 Å². The molecule has 0 unspecified atom stereocenters. The lowest BCUT2D eigenvalue weighted by Gasteiger charge is -2.35. The molecule has 0 spiro atoms. The summed E-state index contributed by atoms with van der Waals surface area (Å²) in [6.07, 6.45) is 0.0388. The van der Waals surface area contributed by atoms with Crippen LogP contribution in [0.2, 0.25) is 0 Å². The highest BCUT2D eigenvalue weighted by Crippen LogP contribution is 2.20. The Kier molecular flexibility index (Phi) is 5.55. The zero-order valence-corrected chi connectivity index (χ0v) is 16.6. The summed E-state index contributed by atoms with van der Waals surface area (Å²) >= 11 is 0. The first-order chi connectivity index (χ1) is 13.3. The lowest BCUT2D eigenvalue weighted by Crippen LogP contribution is -2.51. The number of hydrogen-bond donors (Lipinski definition) is 0. The summed E-state index contributed by atoms with van der Waals surface area (Å²) in [5, 5.41) is 10.8. The number of hydrogen-bond acceptors (Lipinski definition) is 4. The van der Waals surface area contributed by atoms with Gasteiger partial charge in [-0.2, -0.15) is 5.26 Å². The van der Waals surface area contributed by atoms with Gasteiger partial charge in [0.1, 0.15) is 5.60 Å². The summed E-state index contributed by atoms with van der Waals surface area (Å²) in [6, 6.07) is 13.6. The molecule has 1 aliphatic heterocycles. The van der Waals surface area contributed by atoms with E-state index in [4.69, 9.17) is 10.00 Å². The zero-order chi connectivity index (χ0) is 20.3. The number of amides is 2. The van der Waals surface area contributed by atoms with Gasteiger partial charge in [0.15, 0.2) is 0 Å². The normalized spacial score (nSPS) is 14.6. The van der Waals surface area contributed by atoms with E-state index in [0.717, 1.165) is 16.3 Å². The average molecular weight is 379 g/mol. The molecule has 2 aromatic rings. The van der Waals surface area contributed by atoms with Gasteiger partial charge in [0.05, 0.1) is 12.5 Å². The minimum atomic E-state index is -0.526. The molecule has 6 heteroatoms. The molecule has 0 N–H and O–H groups in total. The van der Waals surface area contributed by atoms with Crippen LogP contribution in [0.25, 0.3) is 10.8 Å². The maximum absolute atomic E-state index is 12.9. The zero-order valence-electron chi connectivity index (χ0n) is 16.6. The summed E-state index contributed by atoms with van der Waals surface area (Å²) in [7, 11) is 0. The maximum Gasteiger partial charge on any atom is 0.410 e. The van der Waals surface area contributed by atoms with E-state index in [1.54, 1.807) is 9.80 Å². The van der Waals surface area contributed by atoms with Gasteiger partial charge in [-0.3, -0.25) is 4.79 Å². The second-order valence-corrected chi connectivity index (χ2v) is 7.99. The van der Waals surface area contributed by atoms with Gasteiger partial charge in [-0.25, -0.2) is 4.79 Å². The molecule has 6 nitrogen and oxygen atoms in total. The first-order valence-corrected chi connectivity index (χ1v) is 9.44. The van der Waals surface area contributed by atoms with Gasteiger partial charge in [-0.15, -0.1) is 0 Å². The molecule has 0 radical (unpaired) electrons. The highest BCUT2D eigenvalue weighted by Gasteiger charge is 2.28. The molecule has 0 aromatic heterocycles. The lowest BCUT2D eigenvalue weighted by atomic mass is 10.0. The molecule has 1 fully saturated rings. The number of nitriles is 1. The Morgan fingerprint density at radius 1 is 1.00 bits per heavy atom. The van der Waals surface area contributed by atoms with E-state index in [1.807, 2.05) is 57.2 Å². The monoisotopic (exact) mass is 379 g/mol. The maximum atomic E-state index is 12.9. The van der Waals surface area contributed by atoms with Crippen molar-refractivity contribution in [1.82, 2.24) is 9.80 Å². The molecule has 1 aliphatic rings. The van der Waals surface area contributed by atoms with Crippen molar-refractivity contribution < 1.29 is 14.3 Å². The average Bonchev–Trinajstić information content (AvgIpc) is 2.66. The van der Waals surface area contributed by atoms with Crippen molar-refractivity contribution in [3.8, 4) is 6.07 Å². The number of ether oxygens (including phenoxy) is 1. The summed E-state index contributed by atoms with van der Waals surface area (Å²) in [6.45, 7) is 7.42. The molecule has 0 bridgehead atoms. The van der Waals surface area contributed by atoms with Crippen molar-refractivity contribution in [2.45, 2.75) is 32.8 Å². The standard InChI is InChI=1S/C22H25N3O3/c1-22(2,3)28-21(27)25-12-10-24(11-13-25)20(26)19-7-6-17-14-16(8-9-23)4-5-18(17)15-19/h4-7,14-15H,8,10-13H2,1-3H3. The number of piperazine rings is 1. The van der Waals surface area contributed by atoms with Gasteiger partial charge in [-0.1, -0.05) is 24.3 Å². The molecule has 2 amide bonds. The fraction of sp³-hybridized carbons (Fsp3) is 0.409. The fourth-order valence-electron chi connectivity index (χ4n) is 3.23. The molecule has 1 heterocycles. The summed E-state index contributed by atoms with van der Waals surface area (Å²) in [5.41, 5.74) is 1.07. The van der Waals surface area contributed by atoms with Crippen LogP contribution in [-0.2, 0) is 11.2 Å². The van der Waals surface area contributed by atoms with Crippen LogP contribution in [0.4, 0.5) is 4.79 Å². The Bertz CT molecular complexity index is 932. The van der Waals surface area contributed by atoms with Gasteiger partial charge < -0.3 is 14.5 Å². The number of nitrogens with zero attached hydrogens (tertiary/aromatic N) is 3. The molecule has 0 aliphatic carbocycles. The van der Waals surface area contributed by atoms with E-state index in [1.165, 1.54) is 0 Å². The highest BCUT2D eigenvalue weighted by atomic mass is 16.6. The van der Waals surface area contributed by atoms with Crippen LogP contribution in [0.3, 0.4) is 0 Å². The van der Waals surface area contributed by atoms with Crippen LogP contribution in [0.15, 0.2) is 36.4 Å². The number of carbonyl (C=O) groups is 2. The van der Waals surface area contributed by atoms with Crippen molar-refractivity contribution in [3.63, 3.8) is 0 Å². The van der Waals surface area contributed by atoms with Crippen LogP contribution in [0, 0.1) is 11.3 Å². The Balaban J connectivity index is 1.66. The van der Waals surface area contributed by atoms with E-state index < -0.39 is 5.60 Å². The third-order valence-corrected chi connectivity index (χ3v) is 4.65. The molecule has 146 valence electrons. The second-order valence-electron chi connectivity index (χ2n) is 7.99. The van der Waals surface area contributed by atoms with E-state index in [-0.39, 0.29) is 12.0 Å². The Labute approximate surface area is 165 Å². The number of benzene rings is 2. The summed E-state index contributed by atoms with van der Waals surface area (Å²) < 4.78 is 5.40. The van der Waals surface area contributed by atoms with Gasteiger partial charge in [0.25, 0.3) is 5.91 Å². The molecular weight excluding hydrogens is 354 g/mol. The van der Waals surface area contributed by atoms with Gasteiger partial charge in [-0.05, 0) is 49.2 Å². The van der Waals surface area contributed by atoms with Crippen LogP contribution >= 0.6 is 0 Å². The first kappa shape index (κ1) is 19.7. The largest absolute Gasteiger partial charge is 0.444 e. The quantitative estimate of drug-likeness (QED) is 0.799. The van der Waals surface area contributed by atoms with Crippen molar-refractivity contribution in [2.75, 3.05) is 26.2 Å². The third-order valence-electron chi connectivity index (χ3n) is 4.65. The predicted molar refractivity (Wildman–Crippen MR) is 107 cm³/mol. The van der Waals surface area contributed by atoms with Gasteiger partial charge in [0, 0.05) is 31.7 Å². The van der Waals surface area contributed by atoms with Crippen LogP contribution < -0.4 is 0 Å². The SMILES string of the molecule is CC(C)(C)OC(=O)N1CCN(C(=O)c2ccc3cc(CC#N)ccc3c2)CC1. The van der Waals surface area contributed by atoms with E-state index in [0.29, 0.717) is 38.2 Å². The van der Waals surface area contributed by atoms with E-state index in [2.05, 4.69) is 6.07 Å². The molecule has 1 saturated heterocycles. The second kappa shape index (κ2) is 7.89. The fourth-order valence-corrected chi connectivity index (χ4v) is 3.23. The molecule has 2 aromatic carbocycles. The molecule has 0 atom stereocenters. The minimum Gasteiger partial charge on any atom is -0.444 e. The lowest BCUT2D eigenvalue weighted by molar-refractivity contribution is 0.0141. The van der Waals surface area contributed by atoms with Gasteiger partial charge in [0.2, 0.25) is 0 Å². The van der Waals surface area contributed by atoms with Gasteiger partial charge >= 0.3 is 6.09 Å². The Morgan fingerprint density at radius 3 is 2.25 bits per heavy atom. The van der Waals surface area contributed by atoms with Crippen molar-refractivity contribution in [1.29, 1.82) is 5.26 Å². The van der Waals surface area contributed by atoms with E-state index in [9.17, 15) is 9.59 Å². The van der Waals surface area contributed by atoms with Crippen molar-refractivity contribution >= 4 is 22.8 Å². The molecule has 28 heavy (non-hydrogen) atoms. The molecular formula is C22H25N3O3. The number of fused-ring (bicyclic) bond motifs is 1. The minimum absolute atomic E-state index is 0.0353. The third kappa shape index (κ3) is 4.61. The van der Waals surface area contributed by atoms with Crippen LogP contribution in [-0.4, -0.2) is 53.6 Å². The molecule has 3 rings (SSSR count). The van der Waals surface area contributed by atoms with E-state index >= 15 is 0 Å². The Morgan fingerprint density at radius 2 is 1.61 bits per heavy atom. The summed E-state index contributed by atoms with van der Waals surface area (Å²) in [4.78, 5) is 28.4. The van der Waals surface area contributed by atoms with Crippen LogP contribution in [0.1, 0.15) is 36.7 Å². The number of carbonyl (C=O) groups excluding carboxylic acids is 2. The van der Waals surface area contributed by atoms with Crippen molar-refractivity contribution in [3.05, 3.63) is 47.5 Å². The van der Waals surface area contributed by atoms with Crippen molar-refractivity contribution in [2.24, 2.45) is 0 Å². The Hall–Kier alpha value is -3.07.